The Hall–Kier alpha value is -1.29. The molecule has 1 rings (SSSR count). The van der Waals surface area contributed by atoms with Crippen LogP contribution in [0.15, 0.2) is 12.1 Å². The van der Waals surface area contributed by atoms with Gasteiger partial charge >= 0.3 is 0 Å². The maximum atomic E-state index is 12.3. The molecule has 1 unspecified atom stereocenters. The van der Waals surface area contributed by atoms with Gasteiger partial charge in [0, 0.05) is 6.04 Å². The van der Waals surface area contributed by atoms with E-state index < -0.39 is 0 Å². The lowest BCUT2D eigenvalue weighted by Gasteiger charge is -2.16. The molecule has 0 amide bonds. The van der Waals surface area contributed by atoms with Gasteiger partial charge in [0.15, 0.2) is 0 Å². The van der Waals surface area contributed by atoms with Crippen LogP contribution in [-0.2, 0) is 12.8 Å². The Morgan fingerprint density at radius 3 is 2.22 bits per heavy atom. The number of halogens is 1. The maximum Gasteiger partial charge on any atom is 0.122 e. The van der Waals surface area contributed by atoms with Crippen molar-refractivity contribution in [3.63, 3.8) is 0 Å². The summed E-state index contributed by atoms with van der Waals surface area (Å²) in [6, 6.07) is 3.92. The Morgan fingerprint density at radius 2 is 1.72 bits per heavy atom. The predicted octanol–water partition coefficient (Wildman–Crippen LogP) is 2.50. The monoisotopic (exact) mass is 255 g/mol. The van der Waals surface area contributed by atoms with Gasteiger partial charge in [-0.1, -0.05) is 0 Å². The lowest BCUT2D eigenvalue weighted by Crippen LogP contribution is -2.18. The molecule has 0 aliphatic carbocycles. The molecule has 0 aliphatic rings. The largest absolute Gasteiger partial charge is 0.496 e. The second-order valence-electron chi connectivity index (χ2n) is 4.45. The van der Waals surface area contributed by atoms with E-state index in [1.165, 1.54) is 0 Å². The van der Waals surface area contributed by atoms with Crippen molar-refractivity contribution in [2.45, 2.75) is 32.2 Å². The zero-order chi connectivity index (χ0) is 13.5. The summed E-state index contributed by atoms with van der Waals surface area (Å²) in [6.07, 6.45) is 1.86. The molecule has 4 heteroatoms. The molecular weight excluding hydrogens is 233 g/mol. The summed E-state index contributed by atoms with van der Waals surface area (Å²) in [7, 11) is 3.25. The molecule has 1 aromatic carbocycles. The van der Waals surface area contributed by atoms with Crippen molar-refractivity contribution in [1.29, 1.82) is 0 Å². The number of alkyl halides is 1. The van der Waals surface area contributed by atoms with Gasteiger partial charge in [-0.2, -0.15) is 0 Å². The van der Waals surface area contributed by atoms with Gasteiger partial charge in [0.2, 0.25) is 0 Å². The number of ether oxygens (including phenoxy) is 2. The van der Waals surface area contributed by atoms with Gasteiger partial charge in [0.25, 0.3) is 0 Å². The van der Waals surface area contributed by atoms with E-state index in [1.54, 1.807) is 14.2 Å². The van der Waals surface area contributed by atoms with E-state index >= 15 is 0 Å². The fraction of sp³-hybridized carbons (Fsp3) is 0.571. The number of hydrogen-bond donors (Lipinski definition) is 1. The quantitative estimate of drug-likeness (QED) is 0.814. The molecule has 0 aromatic heterocycles. The van der Waals surface area contributed by atoms with Crippen LogP contribution in [0.2, 0.25) is 0 Å². The Morgan fingerprint density at radius 1 is 1.17 bits per heavy atom. The van der Waals surface area contributed by atoms with Gasteiger partial charge in [-0.25, -0.2) is 0 Å². The molecule has 0 saturated carbocycles. The van der Waals surface area contributed by atoms with Crippen molar-refractivity contribution in [3.8, 4) is 11.5 Å². The van der Waals surface area contributed by atoms with Crippen LogP contribution in [0, 0.1) is 0 Å². The van der Waals surface area contributed by atoms with Crippen LogP contribution < -0.4 is 15.2 Å². The number of nitrogens with two attached hydrogens (primary N) is 1. The molecule has 0 fully saturated rings. The van der Waals surface area contributed by atoms with Crippen LogP contribution in [0.3, 0.4) is 0 Å². The Balaban J connectivity index is 3.06. The Labute approximate surface area is 108 Å². The third-order valence-electron chi connectivity index (χ3n) is 2.81. The Kier molecular flexibility index (Phi) is 5.92. The average Bonchev–Trinajstić information content (AvgIpc) is 2.35. The lowest BCUT2D eigenvalue weighted by molar-refractivity contribution is 0.391. The molecule has 1 aromatic rings. The van der Waals surface area contributed by atoms with E-state index in [2.05, 4.69) is 0 Å². The third-order valence-corrected chi connectivity index (χ3v) is 2.81. The molecule has 102 valence electrons. The first kappa shape index (κ1) is 14.8. The highest BCUT2D eigenvalue weighted by molar-refractivity contribution is 5.47. The second kappa shape index (κ2) is 7.21. The van der Waals surface area contributed by atoms with Gasteiger partial charge in [-0.15, -0.1) is 0 Å². The minimum Gasteiger partial charge on any atom is -0.496 e. The highest BCUT2D eigenvalue weighted by Gasteiger charge is 2.12. The normalized spacial score (nSPS) is 12.3. The summed E-state index contributed by atoms with van der Waals surface area (Å²) in [5, 5.41) is 0. The number of methoxy groups -OCH3 is 2. The van der Waals surface area contributed by atoms with Gasteiger partial charge in [-0.05, 0) is 49.4 Å². The minimum absolute atomic E-state index is 0.0558. The summed E-state index contributed by atoms with van der Waals surface area (Å²) < 4.78 is 23.0. The zero-order valence-corrected chi connectivity index (χ0v) is 11.3. The van der Waals surface area contributed by atoms with E-state index in [0.29, 0.717) is 12.8 Å². The molecule has 18 heavy (non-hydrogen) atoms. The van der Waals surface area contributed by atoms with Gasteiger partial charge in [-0.3, -0.25) is 4.39 Å². The van der Waals surface area contributed by atoms with Crippen molar-refractivity contribution in [1.82, 2.24) is 0 Å². The average molecular weight is 255 g/mol. The second-order valence-corrected chi connectivity index (χ2v) is 4.45. The summed E-state index contributed by atoms with van der Waals surface area (Å²) >= 11 is 0. The number of rotatable bonds is 7. The highest BCUT2D eigenvalue weighted by atomic mass is 19.1. The smallest absolute Gasteiger partial charge is 0.122 e. The van der Waals surface area contributed by atoms with E-state index in [0.717, 1.165) is 29.0 Å². The van der Waals surface area contributed by atoms with Crippen molar-refractivity contribution < 1.29 is 13.9 Å². The summed E-state index contributed by atoms with van der Waals surface area (Å²) in [4.78, 5) is 0. The molecule has 0 heterocycles. The maximum absolute atomic E-state index is 12.3. The molecule has 0 radical (unpaired) electrons. The van der Waals surface area contributed by atoms with E-state index in [1.807, 2.05) is 19.1 Å². The standard InChI is InChI=1S/C14H22FNO2/c1-10(16)7-12-9-13(17-2)11(5-4-6-15)8-14(12)18-3/h8-10H,4-7,16H2,1-3H3. The molecule has 0 saturated heterocycles. The first-order valence-corrected chi connectivity index (χ1v) is 6.17. The topological polar surface area (TPSA) is 44.5 Å². The third kappa shape index (κ3) is 3.88. The molecular formula is C14H22FNO2. The molecule has 2 N–H and O–H groups in total. The Bertz CT molecular complexity index is 380. The fourth-order valence-corrected chi connectivity index (χ4v) is 1.98. The van der Waals surface area contributed by atoms with Crippen LogP contribution >= 0.6 is 0 Å². The van der Waals surface area contributed by atoms with Crippen molar-refractivity contribution in [3.05, 3.63) is 23.3 Å². The van der Waals surface area contributed by atoms with Crippen LogP contribution in [-0.4, -0.2) is 26.9 Å². The highest BCUT2D eigenvalue weighted by Crippen LogP contribution is 2.30. The van der Waals surface area contributed by atoms with Gasteiger partial charge in [0.1, 0.15) is 11.5 Å². The van der Waals surface area contributed by atoms with E-state index in [4.69, 9.17) is 15.2 Å². The fourth-order valence-electron chi connectivity index (χ4n) is 1.98. The molecule has 1 atom stereocenters. The molecule has 0 bridgehead atoms. The van der Waals surface area contributed by atoms with Crippen LogP contribution in [0.5, 0.6) is 11.5 Å². The number of aryl methyl sites for hydroxylation is 1. The molecule has 0 spiro atoms. The van der Waals surface area contributed by atoms with Crippen LogP contribution in [0.25, 0.3) is 0 Å². The van der Waals surface area contributed by atoms with Gasteiger partial charge in [0.05, 0.1) is 20.9 Å². The van der Waals surface area contributed by atoms with E-state index in [9.17, 15) is 4.39 Å². The van der Waals surface area contributed by atoms with Crippen molar-refractivity contribution in [2.24, 2.45) is 5.73 Å². The van der Waals surface area contributed by atoms with E-state index in [-0.39, 0.29) is 12.7 Å². The number of benzene rings is 1. The zero-order valence-electron chi connectivity index (χ0n) is 11.3. The first-order chi connectivity index (χ1) is 8.62. The summed E-state index contributed by atoms with van der Waals surface area (Å²) in [6.45, 7) is 1.62. The summed E-state index contributed by atoms with van der Waals surface area (Å²) in [5.74, 6) is 1.57. The molecule has 0 aliphatic heterocycles. The van der Waals surface area contributed by atoms with Crippen LogP contribution in [0.1, 0.15) is 24.5 Å². The minimum atomic E-state index is -0.326. The first-order valence-electron chi connectivity index (χ1n) is 6.17. The molecule has 3 nitrogen and oxygen atoms in total. The summed E-state index contributed by atoms with van der Waals surface area (Å²) in [5.41, 5.74) is 7.81. The van der Waals surface area contributed by atoms with Crippen molar-refractivity contribution >= 4 is 0 Å². The SMILES string of the molecule is COc1cc(CC(C)N)c(OC)cc1CCCF. The van der Waals surface area contributed by atoms with Gasteiger partial charge < -0.3 is 15.2 Å². The number of hydrogen-bond acceptors (Lipinski definition) is 3. The lowest BCUT2D eigenvalue weighted by atomic mass is 10.0. The predicted molar refractivity (Wildman–Crippen MR) is 71.2 cm³/mol. The van der Waals surface area contributed by atoms with Crippen molar-refractivity contribution in [2.75, 3.05) is 20.9 Å². The van der Waals surface area contributed by atoms with Crippen LogP contribution in [0.4, 0.5) is 4.39 Å².